The molecule has 1 aliphatic rings. The highest BCUT2D eigenvalue weighted by molar-refractivity contribution is 7.90. The molecule has 0 saturated heterocycles. The van der Waals surface area contributed by atoms with Crippen molar-refractivity contribution in [3.05, 3.63) is 65.9 Å². The minimum absolute atomic E-state index is 0.0494. The number of hydrogen-bond acceptors (Lipinski definition) is 6. The van der Waals surface area contributed by atoms with E-state index in [2.05, 4.69) is 0 Å². The van der Waals surface area contributed by atoms with Gasteiger partial charge in [-0.3, -0.25) is 4.79 Å². The van der Waals surface area contributed by atoms with E-state index in [9.17, 15) is 13.2 Å². The Morgan fingerprint density at radius 2 is 1.59 bits per heavy atom. The van der Waals surface area contributed by atoms with Crippen LogP contribution in [0.3, 0.4) is 0 Å². The van der Waals surface area contributed by atoms with Crippen molar-refractivity contribution in [1.82, 2.24) is 8.87 Å². The number of ketones is 1. The fourth-order valence-electron chi connectivity index (χ4n) is 3.64. The van der Waals surface area contributed by atoms with Crippen LogP contribution < -0.4 is 0 Å². The number of aromatic nitrogens is 1. The maximum atomic E-state index is 13.2. The summed E-state index contributed by atoms with van der Waals surface area (Å²) in [6.07, 6.45) is 2.77. The number of carboxylic acid groups (broad SMARTS) is 2. The summed E-state index contributed by atoms with van der Waals surface area (Å²) in [7, 11) is 0.175. The fourth-order valence-corrected chi connectivity index (χ4v) is 5.05. The minimum atomic E-state index is -3.72. The van der Waals surface area contributed by atoms with Gasteiger partial charge in [0.15, 0.2) is 5.78 Å². The molecule has 0 saturated carbocycles. The number of hydrogen-bond donors (Lipinski definition) is 2. The maximum Gasteiger partial charge on any atom is 0.414 e. The zero-order chi connectivity index (χ0) is 23.6. The summed E-state index contributed by atoms with van der Waals surface area (Å²) in [5, 5.41) is 15.5. The third kappa shape index (κ3) is 4.41. The van der Waals surface area contributed by atoms with Gasteiger partial charge in [0.25, 0.3) is 10.0 Å². The molecule has 1 atom stereocenters. The average Bonchev–Trinajstić information content (AvgIpc) is 3.06. The molecule has 32 heavy (non-hydrogen) atoms. The Balaban J connectivity index is 0.000000427. The first-order valence-electron chi connectivity index (χ1n) is 9.63. The van der Waals surface area contributed by atoms with E-state index in [4.69, 9.17) is 19.8 Å². The Morgan fingerprint density at radius 3 is 2.16 bits per heavy atom. The number of rotatable bonds is 3. The number of Topliss-reactive ketones (excluding diaryl/α,β-unsaturated/α-hetero) is 1. The second kappa shape index (κ2) is 8.93. The van der Waals surface area contributed by atoms with E-state index in [1.54, 1.807) is 54.7 Å². The van der Waals surface area contributed by atoms with Crippen LogP contribution in [0.2, 0.25) is 0 Å². The van der Waals surface area contributed by atoms with Crippen LogP contribution in [0.4, 0.5) is 0 Å². The van der Waals surface area contributed by atoms with Crippen molar-refractivity contribution in [3.63, 3.8) is 0 Å². The lowest BCUT2D eigenvalue weighted by atomic mass is 10.0. The molecule has 0 spiro atoms. The van der Waals surface area contributed by atoms with Gasteiger partial charge < -0.3 is 15.1 Å². The highest BCUT2D eigenvalue weighted by atomic mass is 32.2. The molecule has 168 valence electrons. The molecule has 9 nitrogen and oxygen atoms in total. The molecule has 0 bridgehead atoms. The molecule has 2 N–H and O–H groups in total. The second-order valence-electron chi connectivity index (χ2n) is 7.53. The summed E-state index contributed by atoms with van der Waals surface area (Å²) in [6.45, 7) is 0. The molecule has 2 aromatic carbocycles. The van der Waals surface area contributed by atoms with Crippen molar-refractivity contribution in [3.8, 4) is 0 Å². The first-order chi connectivity index (χ1) is 15.0. The van der Waals surface area contributed by atoms with E-state index in [-0.39, 0.29) is 16.7 Å². The van der Waals surface area contributed by atoms with Gasteiger partial charge in [-0.05, 0) is 44.3 Å². The van der Waals surface area contributed by atoms with Gasteiger partial charge in [0.05, 0.1) is 10.4 Å². The van der Waals surface area contributed by atoms with Crippen LogP contribution in [-0.4, -0.2) is 65.4 Å². The van der Waals surface area contributed by atoms with Crippen molar-refractivity contribution >= 4 is 38.6 Å². The zero-order valence-electron chi connectivity index (χ0n) is 17.4. The highest BCUT2D eigenvalue weighted by Gasteiger charge is 2.29. The smallest absolute Gasteiger partial charge is 0.414 e. The quantitative estimate of drug-likeness (QED) is 0.570. The van der Waals surface area contributed by atoms with E-state index in [0.717, 1.165) is 10.9 Å². The van der Waals surface area contributed by atoms with Gasteiger partial charge in [-0.1, -0.05) is 30.3 Å². The lowest BCUT2D eigenvalue weighted by Crippen LogP contribution is -2.31. The Hall–Kier alpha value is -3.50. The summed E-state index contributed by atoms with van der Waals surface area (Å²) < 4.78 is 27.6. The summed E-state index contributed by atoms with van der Waals surface area (Å²) in [5.41, 5.74) is 2.08. The number of carbonyl (C=O) groups is 3. The van der Waals surface area contributed by atoms with Crippen LogP contribution >= 0.6 is 0 Å². The third-order valence-corrected chi connectivity index (χ3v) is 6.95. The third-order valence-electron chi connectivity index (χ3n) is 5.26. The van der Waals surface area contributed by atoms with Gasteiger partial charge in [0.1, 0.15) is 0 Å². The molecule has 3 aromatic rings. The summed E-state index contributed by atoms with van der Waals surface area (Å²) in [4.78, 5) is 33.2. The lowest BCUT2D eigenvalue weighted by Gasteiger charge is -2.21. The average molecular weight is 458 g/mol. The number of nitrogens with zero attached hydrogens (tertiary/aromatic N) is 2. The van der Waals surface area contributed by atoms with E-state index >= 15 is 0 Å². The fraction of sp³-hybridized carbons (Fsp3) is 0.227. The molecule has 1 unspecified atom stereocenters. The molecular weight excluding hydrogens is 436 g/mol. The molecule has 0 amide bonds. The van der Waals surface area contributed by atoms with Crippen molar-refractivity contribution in [1.29, 1.82) is 0 Å². The monoisotopic (exact) mass is 458 g/mol. The Labute approximate surface area is 184 Å². The Bertz CT molecular complexity index is 1280. The van der Waals surface area contributed by atoms with E-state index < -0.39 is 22.0 Å². The number of carboxylic acids is 2. The van der Waals surface area contributed by atoms with Gasteiger partial charge >= 0.3 is 11.9 Å². The predicted octanol–water partition coefficient (Wildman–Crippen LogP) is 2.09. The van der Waals surface area contributed by atoms with Crippen LogP contribution in [0, 0.1) is 0 Å². The first kappa shape index (κ1) is 23.2. The summed E-state index contributed by atoms with van der Waals surface area (Å²) in [6, 6.07) is 13.8. The number of likely N-dealkylation sites (N-methyl/N-ethyl adjacent to an activating group) is 1. The molecule has 10 heteroatoms. The van der Waals surface area contributed by atoms with E-state index in [0.29, 0.717) is 23.9 Å². The van der Waals surface area contributed by atoms with Gasteiger partial charge in [0.2, 0.25) is 0 Å². The molecule has 1 aromatic heterocycles. The molecule has 1 aliphatic carbocycles. The van der Waals surface area contributed by atoms with Crippen LogP contribution in [0.5, 0.6) is 0 Å². The molecule has 0 aliphatic heterocycles. The van der Waals surface area contributed by atoms with Gasteiger partial charge in [-0.15, -0.1) is 0 Å². The number of carbonyl (C=O) groups excluding carboxylic acids is 1. The standard InChI is InChI=1S/C20H20N2O3S.C2H2O4/c1-21(2)15-11-14-13-22(26(24,25)16-7-4-3-5-8-16)18-10-6-9-17(20(14)18)19(23)12-15;3-1(4)2(5)6/h3-10,13,15H,11-12H2,1-2H3;(H,3,4)(H,5,6). The SMILES string of the molecule is CN(C)C1CC(=O)c2cccc3c2c(cn3S(=O)(=O)c2ccccc2)C1.O=C(O)C(=O)O. The normalized spacial score (nSPS) is 15.7. The summed E-state index contributed by atoms with van der Waals surface area (Å²) in [5.74, 6) is -3.59. The van der Waals surface area contributed by atoms with E-state index in [1.165, 1.54) is 3.97 Å². The molecule has 0 radical (unpaired) electrons. The molecule has 1 heterocycles. The first-order valence-corrected chi connectivity index (χ1v) is 11.1. The van der Waals surface area contributed by atoms with Crippen LogP contribution in [0.1, 0.15) is 22.3 Å². The van der Waals surface area contributed by atoms with Gasteiger partial charge in [-0.2, -0.15) is 0 Å². The zero-order valence-corrected chi connectivity index (χ0v) is 18.2. The molecular formula is C22H22N2O7S. The topological polar surface area (TPSA) is 134 Å². The Kier molecular flexibility index (Phi) is 6.47. The molecule has 4 rings (SSSR count). The largest absolute Gasteiger partial charge is 0.473 e. The van der Waals surface area contributed by atoms with Gasteiger partial charge in [0, 0.05) is 29.6 Å². The van der Waals surface area contributed by atoms with Crippen LogP contribution in [-0.2, 0) is 26.0 Å². The van der Waals surface area contributed by atoms with Crippen molar-refractivity contribution in [2.45, 2.75) is 23.8 Å². The van der Waals surface area contributed by atoms with Crippen LogP contribution in [0.15, 0.2) is 59.6 Å². The van der Waals surface area contributed by atoms with Crippen molar-refractivity contribution in [2.24, 2.45) is 0 Å². The Morgan fingerprint density at radius 1 is 0.969 bits per heavy atom. The minimum Gasteiger partial charge on any atom is -0.473 e. The summed E-state index contributed by atoms with van der Waals surface area (Å²) >= 11 is 0. The van der Waals surface area contributed by atoms with Gasteiger partial charge in [-0.25, -0.2) is 22.0 Å². The van der Waals surface area contributed by atoms with E-state index in [1.807, 2.05) is 19.0 Å². The van der Waals surface area contributed by atoms with Crippen molar-refractivity contribution < 1.29 is 33.0 Å². The maximum absolute atomic E-state index is 13.2. The lowest BCUT2D eigenvalue weighted by molar-refractivity contribution is -0.159. The number of benzene rings is 2. The molecule has 0 fully saturated rings. The van der Waals surface area contributed by atoms with Crippen molar-refractivity contribution in [2.75, 3.05) is 14.1 Å². The second-order valence-corrected chi connectivity index (χ2v) is 9.34. The van der Waals surface area contributed by atoms with Crippen LogP contribution in [0.25, 0.3) is 10.9 Å². The highest BCUT2D eigenvalue weighted by Crippen LogP contribution is 2.33. The number of aliphatic carboxylic acids is 2. The predicted molar refractivity (Wildman–Crippen MR) is 116 cm³/mol.